The molecule has 2 rings (SSSR count). The van der Waals surface area contributed by atoms with Crippen molar-refractivity contribution in [2.24, 2.45) is 18.1 Å². The molecule has 2 heterocycles. The van der Waals surface area contributed by atoms with Crippen LogP contribution in [0, 0.1) is 5.92 Å². The van der Waals surface area contributed by atoms with Gasteiger partial charge in [0.15, 0.2) is 0 Å². The second kappa shape index (κ2) is 2.62. The van der Waals surface area contributed by atoms with E-state index in [0.717, 1.165) is 5.82 Å². The van der Waals surface area contributed by atoms with E-state index in [1.165, 1.54) is 0 Å². The summed E-state index contributed by atoms with van der Waals surface area (Å²) in [6.45, 7) is 2.13. The van der Waals surface area contributed by atoms with Crippen molar-refractivity contribution >= 4 is 6.21 Å². The lowest BCUT2D eigenvalue weighted by molar-refractivity contribution is 0.485. The summed E-state index contributed by atoms with van der Waals surface area (Å²) in [6, 6.07) is 0.241. The first-order valence-electron chi connectivity index (χ1n) is 4.05. The van der Waals surface area contributed by atoms with Gasteiger partial charge < -0.3 is 4.57 Å². The summed E-state index contributed by atoms with van der Waals surface area (Å²) in [5.74, 6) is 1.46. The minimum Gasteiger partial charge on any atom is -0.336 e. The van der Waals surface area contributed by atoms with Crippen LogP contribution in [0.1, 0.15) is 18.8 Å². The van der Waals surface area contributed by atoms with Gasteiger partial charge in [-0.25, -0.2) is 4.98 Å². The van der Waals surface area contributed by atoms with E-state index in [1.54, 1.807) is 0 Å². The first-order valence-corrected chi connectivity index (χ1v) is 4.05. The predicted octanol–water partition coefficient (Wildman–Crippen LogP) is 0.686. The van der Waals surface area contributed by atoms with Gasteiger partial charge in [0.2, 0.25) is 0 Å². The number of hydrogen-bond donors (Lipinski definition) is 1. The van der Waals surface area contributed by atoms with Crippen molar-refractivity contribution in [1.82, 2.24) is 15.0 Å². The number of imidazole rings is 1. The summed E-state index contributed by atoms with van der Waals surface area (Å²) in [5.41, 5.74) is 3.04. The molecular formula is C8H12N4. The van der Waals surface area contributed by atoms with Gasteiger partial charge in [-0.1, -0.05) is 6.92 Å². The molecule has 0 saturated carbocycles. The fraction of sp³-hybridized carbons (Fsp3) is 0.500. The highest BCUT2D eigenvalue weighted by molar-refractivity contribution is 5.63. The third-order valence-electron chi connectivity index (χ3n) is 2.19. The summed E-state index contributed by atoms with van der Waals surface area (Å²) < 4.78 is 2.02. The summed E-state index contributed by atoms with van der Waals surface area (Å²) in [6.07, 6.45) is 5.67. The van der Waals surface area contributed by atoms with Crippen LogP contribution in [0.2, 0.25) is 0 Å². The molecule has 1 aliphatic heterocycles. The Kier molecular flexibility index (Phi) is 1.60. The third-order valence-corrected chi connectivity index (χ3v) is 2.19. The van der Waals surface area contributed by atoms with Crippen LogP contribution in [0.4, 0.5) is 0 Å². The topological polar surface area (TPSA) is 42.2 Å². The molecule has 1 N–H and O–H groups in total. The van der Waals surface area contributed by atoms with Crippen molar-refractivity contribution in [2.45, 2.75) is 13.0 Å². The lowest BCUT2D eigenvalue weighted by atomic mass is 10.1. The lowest BCUT2D eigenvalue weighted by Gasteiger charge is -2.13. The maximum absolute atomic E-state index is 4.27. The van der Waals surface area contributed by atoms with Crippen LogP contribution in [0.3, 0.4) is 0 Å². The lowest BCUT2D eigenvalue weighted by Crippen LogP contribution is -2.20. The molecule has 64 valence electrons. The van der Waals surface area contributed by atoms with Crippen LogP contribution in [0.25, 0.3) is 0 Å². The van der Waals surface area contributed by atoms with Gasteiger partial charge in [0.1, 0.15) is 11.9 Å². The zero-order valence-electron chi connectivity index (χ0n) is 7.23. The van der Waals surface area contributed by atoms with Gasteiger partial charge in [-0.05, 0) is 0 Å². The quantitative estimate of drug-likeness (QED) is 0.663. The second-order valence-electron chi connectivity index (χ2n) is 3.14. The van der Waals surface area contributed by atoms with Crippen molar-refractivity contribution in [3.63, 3.8) is 0 Å². The number of hydrogen-bond acceptors (Lipinski definition) is 3. The van der Waals surface area contributed by atoms with E-state index < -0.39 is 0 Å². The molecule has 0 saturated heterocycles. The zero-order chi connectivity index (χ0) is 8.55. The largest absolute Gasteiger partial charge is 0.336 e. The number of nitrogens with zero attached hydrogens (tertiary/aromatic N) is 3. The minimum absolute atomic E-state index is 0.241. The zero-order valence-corrected chi connectivity index (χ0v) is 7.23. The molecule has 0 aliphatic carbocycles. The van der Waals surface area contributed by atoms with E-state index in [2.05, 4.69) is 22.4 Å². The number of rotatable bonds is 1. The monoisotopic (exact) mass is 164 g/mol. The van der Waals surface area contributed by atoms with Crippen LogP contribution in [-0.2, 0) is 7.05 Å². The molecule has 2 atom stereocenters. The number of aryl methyl sites for hydroxylation is 1. The highest BCUT2D eigenvalue weighted by atomic mass is 15.3. The molecule has 0 spiro atoms. The highest BCUT2D eigenvalue weighted by Crippen LogP contribution is 2.21. The molecule has 0 fully saturated rings. The first kappa shape index (κ1) is 7.34. The van der Waals surface area contributed by atoms with Crippen LogP contribution < -0.4 is 5.43 Å². The average Bonchev–Trinajstić information content (AvgIpc) is 2.59. The third kappa shape index (κ3) is 0.995. The van der Waals surface area contributed by atoms with E-state index >= 15 is 0 Å². The molecule has 0 radical (unpaired) electrons. The van der Waals surface area contributed by atoms with Gasteiger partial charge in [-0.2, -0.15) is 5.10 Å². The fourth-order valence-corrected chi connectivity index (χ4v) is 1.41. The van der Waals surface area contributed by atoms with Crippen molar-refractivity contribution in [3.05, 3.63) is 18.2 Å². The standard InChI is InChI=1S/C8H12N4/c1-6-5-10-11-7(6)8-9-3-4-12(8)2/h3-7,11H,1-2H3. The number of nitrogens with one attached hydrogen (secondary N) is 1. The fourth-order valence-electron chi connectivity index (χ4n) is 1.41. The van der Waals surface area contributed by atoms with E-state index in [4.69, 9.17) is 0 Å². The first-order chi connectivity index (χ1) is 5.79. The summed E-state index contributed by atoms with van der Waals surface area (Å²) in [4.78, 5) is 4.27. The Morgan fingerprint density at radius 2 is 2.42 bits per heavy atom. The molecule has 1 aromatic heterocycles. The molecular weight excluding hydrogens is 152 g/mol. The van der Waals surface area contributed by atoms with Crippen LogP contribution >= 0.6 is 0 Å². The molecule has 0 bridgehead atoms. The van der Waals surface area contributed by atoms with Crippen molar-refractivity contribution in [3.8, 4) is 0 Å². The van der Waals surface area contributed by atoms with Gasteiger partial charge in [0.05, 0.1) is 0 Å². The van der Waals surface area contributed by atoms with Gasteiger partial charge in [0.25, 0.3) is 0 Å². The van der Waals surface area contributed by atoms with Crippen LogP contribution in [0.15, 0.2) is 17.5 Å². The minimum atomic E-state index is 0.241. The van der Waals surface area contributed by atoms with Crippen molar-refractivity contribution in [2.75, 3.05) is 0 Å². The molecule has 0 aromatic carbocycles. The van der Waals surface area contributed by atoms with Gasteiger partial charge in [-0.3, -0.25) is 5.43 Å². The number of aromatic nitrogens is 2. The van der Waals surface area contributed by atoms with Gasteiger partial charge in [-0.15, -0.1) is 0 Å². The molecule has 1 aliphatic rings. The van der Waals surface area contributed by atoms with Crippen LogP contribution in [0.5, 0.6) is 0 Å². The van der Waals surface area contributed by atoms with Crippen molar-refractivity contribution in [1.29, 1.82) is 0 Å². The van der Waals surface area contributed by atoms with E-state index in [-0.39, 0.29) is 6.04 Å². The summed E-state index contributed by atoms with van der Waals surface area (Å²) in [5, 5.41) is 4.01. The van der Waals surface area contributed by atoms with E-state index in [0.29, 0.717) is 5.92 Å². The second-order valence-corrected chi connectivity index (χ2v) is 3.14. The average molecular weight is 164 g/mol. The molecule has 12 heavy (non-hydrogen) atoms. The number of hydrazone groups is 1. The summed E-state index contributed by atoms with van der Waals surface area (Å²) >= 11 is 0. The van der Waals surface area contributed by atoms with Gasteiger partial charge >= 0.3 is 0 Å². The Bertz CT molecular complexity index is 302. The van der Waals surface area contributed by atoms with Gasteiger partial charge in [0, 0.05) is 31.6 Å². The summed E-state index contributed by atoms with van der Waals surface area (Å²) in [7, 11) is 2.00. The Balaban J connectivity index is 2.26. The van der Waals surface area contributed by atoms with Crippen molar-refractivity contribution < 1.29 is 0 Å². The maximum Gasteiger partial charge on any atom is 0.133 e. The molecule has 2 unspecified atom stereocenters. The Hall–Kier alpha value is -1.32. The SMILES string of the molecule is CC1C=NNC1c1nccn1C. The molecule has 4 heteroatoms. The molecule has 1 aromatic rings. The normalized spacial score (nSPS) is 27.5. The highest BCUT2D eigenvalue weighted by Gasteiger charge is 2.24. The Morgan fingerprint density at radius 1 is 1.58 bits per heavy atom. The molecule has 4 nitrogen and oxygen atoms in total. The van der Waals surface area contributed by atoms with Crippen LogP contribution in [-0.4, -0.2) is 15.8 Å². The van der Waals surface area contributed by atoms with E-state index in [1.807, 2.05) is 30.2 Å². The predicted molar refractivity (Wildman–Crippen MR) is 46.7 cm³/mol. The Labute approximate surface area is 71.3 Å². The maximum atomic E-state index is 4.27. The smallest absolute Gasteiger partial charge is 0.133 e. The Morgan fingerprint density at radius 3 is 2.92 bits per heavy atom. The molecule has 0 amide bonds. The van der Waals surface area contributed by atoms with E-state index in [9.17, 15) is 0 Å².